The van der Waals surface area contributed by atoms with Crippen molar-refractivity contribution < 1.29 is 9.21 Å². The Kier molecular flexibility index (Phi) is 4.74. The molecule has 2 amide bonds. The molecule has 0 aliphatic heterocycles. The molecular formula is C11H18N2O2. The standard InChI is InChI=1S/C11H18N2O2/c1-3-9(4-2)13-11(14)12-8-10-6-5-7-15-10/h5-7,9H,3-4,8H2,1-2H3,(H2,12,13,14). The molecule has 4 nitrogen and oxygen atoms in total. The summed E-state index contributed by atoms with van der Waals surface area (Å²) in [6, 6.07) is 3.74. The molecule has 1 aromatic heterocycles. The number of urea groups is 1. The molecule has 0 saturated carbocycles. The zero-order valence-corrected chi connectivity index (χ0v) is 9.25. The van der Waals surface area contributed by atoms with Gasteiger partial charge in [-0.1, -0.05) is 13.8 Å². The highest BCUT2D eigenvalue weighted by molar-refractivity contribution is 5.74. The van der Waals surface area contributed by atoms with Gasteiger partial charge < -0.3 is 15.1 Å². The van der Waals surface area contributed by atoms with Gasteiger partial charge in [-0.15, -0.1) is 0 Å². The molecule has 0 radical (unpaired) electrons. The predicted molar refractivity (Wildman–Crippen MR) is 58.4 cm³/mol. The number of nitrogens with one attached hydrogen (secondary N) is 2. The van der Waals surface area contributed by atoms with Crippen LogP contribution in [-0.2, 0) is 6.54 Å². The minimum atomic E-state index is -0.139. The molecule has 0 atom stereocenters. The molecule has 2 N–H and O–H groups in total. The second-order valence-electron chi connectivity index (χ2n) is 3.42. The summed E-state index contributed by atoms with van der Waals surface area (Å²) in [5, 5.41) is 5.63. The van der Waals surface area contributed by atoms with Crippen molar-refractivity contribution in [2.45, 2.75) is 39.3 Å². The summed E-state index contributed by atoms with van der Waals surface area (Å²) in [7, 11) is 0. The van der Waals surface area contributed by atoms with Gasteiger partial charge >= 0.3 is 6.03 Å². The van der Waals surface area contributed by atoms with E-state index in [1.807, 2.05) is 6.07 Å². The third-order valence-electron chi connectivity index (χ3n) is 2.32. The molecule has 4 heteroatoms. The fraction of sp³-hybridized carbons (Fsp3) is 0.545. The normalized spacial score (nSPS) is 10.3. The smallest absolute Gasteiger partial charge is 0.315 e. The van der Waals surface area contributed by atoms with Crippen molar-refractivity contribution in [2.24, 2.45) is 0 Å². The highest BCUT2D eigenvalue weighted by Crippen LogP contribution is 1.99. The van der Waals surface area contributed by atoms with Crippen LogP contribution in [-0.4, -0.2) is 12.1 Å². The number of amides is 2. The number of carbonyl (C=O) groups excluding carboxylic acids is 1. The molecule has 84 valence electrons. The van der Waals surface area contributed by atoms with E-state index < -0.39 is 0 Å². The fourth-order valence-electron chi connectivity index (χ4n) is 1.31. The molecule has 1 aromatic rings. The van der Waals surface area contributed by atoms with Crippen LogP contribution in [0.4, 0.5) is 4.79 Å². The van der Waals surface area contributed by atoms with E-state index in [0.717, 1.165) is 18.6 Å². The van der Waals surface area contributed by atoms with E-state index in [1.165, 1.54) is 0 Å². The summed E-state index contributed by atoms with van der Waals surface area (Å²) in [5.74, 6) is 0.759. The van der Waals surface area contributed by atoms with Crippen LogP contribution in [0.15, 0.2) is 22.8 Å². The third-order valence-corrected chi connectivity index (χ3v) is 2.32. The van der Waals surface area contributed by atoms with Crippen LogP contribution in [0.1, 0.15) is 32.4 Å². The summed E-state index contributed by atoms with van der Waals surface area (Å²) < 4.78 is 5.10. The second-order valence-corrected chi connectivity index (χ2v) is 3.42. The van der Waals surface area contributed by atoms with Crippen LogP contribution < -0.4 is 10.6 Å². The van der Waals surface area contributed by atoms with Gasteiger partial charge in [-0.05, 0) is 25.0 Å². The molecule has 0 aliphatic rings. The Labute approximate surface area is 90.0 Å². The summed E-state index contributed by atoms with van der Waals surface area (Å²) >= 11 is 0. The molecule has 0 saturated heterocycles. The monoisotopic (exact) mass is 210 g/mol. The van der Waals surface area contributed by atoms with Crippen molar-refractivity contribution in [2.75, 3.05) is 0 Å². The molecule has 0 fully saturated rings. The number of rotatable bonds is 5. The number of hydrogen-bond acceptors (Lipinski definition) is 2. The van der Waals surface area contributed by atoms with Gasteiger partial charge in [-0.3, -0.25) is 0 Å². The molecule has 1 rings (SSSR count). The number of furan rings is 1. The van der Waals surface area contributed by atoms with Gasteiger partial charge in [-0.2, -0.15) is 0 Å². The van der Waals surface area contributed by atoms with E-state index in [1.54, 1.807) is 12.3 Å². The lowest BCUT2D eigenvalue weighted by Crippen LogP contribution is -2.41. The van der Waals surface area contributed by atoms with Gasteiger partial charge in [0, 0.05) is 6.04 Å². The third kappa shape index (κ3) is 4.06. The van der Waals surface area contributed by atoms with Crippen LogP contribution in [0, 0.1) is 0 Å². The Balaban J connectivity index is 2.24. The quantitative estimate of drug-likeness (QED) is 0.783. The van der Waals surface area contributed by atoms with Crippen molar-refractivity contribution in [3.63, 3.8) is 0 Å². The van der Waals surface area contributed by atoms with Crippen molar-refractivity contribution in [1.29, 1.82) is 0 Å². The van der Waals surface area contributed by atoms with Gasteiger partial charge in [0.25, 0.3) is 0 Å². The SMILES string of the molecule is CCC(CC)NC(=O)NCc1ccco1. The molecule has 1 heterocycles. The van der Waals surface area contributed by atoms with Gasteiger partial charge in [0.15, 0.2) is 0 Å². The van der Waals surface area contributed by atoms with Gasteiger partial charge in [0.2, 0.25) is 0 Å². The molecular weight excluding hydrogens is 192 g/mol. The van der Waals surface area contributed by atoms with E-state index in [9.17, 15) is 4.79 Å². The van der Waals surface area contributed by atoms with E-state index in [-0.39, 0.29) is 12.1 Å². The summed E-state index contributed by atoms with van der Waals surface area (Å²) in [6.45, 7) is 4.54. The second kappa shape index (κ2) is 6.11. The largest absolute Gasteiger partial charge is 0.467 e. The minimum absolute atomic E-state index is 0.139. The lowest BCUT2D eigenvalue weighted by Gasteiger charge is -2.14. The van der Waals surface area contributed by atoms with Crippen LogP contribution >= 0.6 is 0 Å². The van der Waals surface area contributed by atoms with Crippen molar-refractivity contribution in [1.82, 2.24) is 10.6 Å². The molecule has 0 spiro atoms. The first kappa shape index (κ1) is 11.6. The van der Waals surface area contributed by atoms with Crippen LogP contribution in [0.5, 0.6) is 0 Å². The molecule has 0 bridgehead atoms. The maximum absolute atomic E-state index is 11.4. The highest BCUT2D eigenvalue weighted by atomic mass is 16.3. The Morgan fingerprint density at radius 3 is 2.73 bits per heavy atom. The maximum atomic E-state index is 11.4. The van der Waals surface area contributed by atoms with Crippen LogP contribution in [0.25, 0.3) is 0 Å². The zero-order chi connectivity index (χ0) is 11.1. The molecule has 0 unspecified atom stereocenters. The Morgan fingerprint density at radius 1 is 1.47 bits per heavy atom. The lowest BCUT2D eigenvalue weighted by molar-refractivity contribution is 0.235. The number of hydrogen-bond donors (Lipinski definition) is 2. The number of carbonyl (C=O) groups is 1. The average molecular weight is 210 g/mol. The van der Waals surface area contributed by atoms with Crippen molar-refractivity contribution in [3.8, 4) is 0 Å². The lowest BCUT2D eigenvalue weighted by atomic mass is 10.2. The average Bonchev–Trinajstić information content (AvgIpc) is 2.75. The first-order chi connectivity index (χ1) is 7.26. The Bertz CT molecular complexity index is 279. The van der Waals surface area contributed by atoms with E-state index in [4.69, 9.17) is 4.42 Å². The van der Waals surface area contributed by atoms with E-state index in [0.29, 0.717) is 6.54 Å². The topological polar surface area (TPSA) is 54.3 Å². The predicted octanol–water partition coefficient (Wildman–Crippen LogP) is 2.27. The first-order valence-corrected chi connectivity index (χ1v) is 5.33. The Hall–Kier alpha value is -1.45. The minimum Gasteiger partial charge on any atom is -0.467 e. The van der Waals surface area contributed by atoms with Crippen LogP contribution in [0.3, 0.4) is 0 Å². The van der Waals surface area contributed by atoms with Crippen LogP contribution in [0.2, 0.25) is 0 Å². The molecule has 0 aliphatic carbocycles. The van der Waals surface area contributed by atoms with Gasteiger partial charge in [0.1, 0.15) is 5.76 Å². The highest BCUT2D eigenvalue weighted by Gasteiger charge is 2.07. The zero-order valence-electron chi connectivity index (χ0n) is 9.25. The molecule has 0 aromatic carbocycles. The van der Waals surface area contributed by atoms with Gasteiger partial charge in [0.05, 0.1) is 12.8 Å². The van der Waals surface area contributed by atoms with Crippen molar-refractivity contribution in [3.05, 3.63) is 24.2 Å². The van der Waals surface area contributed by atoms with E-state index >= 15 is 0 Å². The summed E-state index contributed by atoms with van der Waals surface area (Å²) in [5.41, 5.74) is 0. The van der Waals surface area contributed by atoms with Crippen molar-refractivity contribution >= 4 is 6.03 Å². The van der Waals surface area contributed by atoms with Gasteiger partial charge in [-0.25, -0.2) is 4.79 Å². The summed E-state index contributed by atoms with van der Waals surface area (Å²) in [6.07, 6.45) is 3.49. The summed E-state index contributed by atoms with van der Waals surface area (Å²) in [4.78, 5) is 11.4. The first-order valence-electron chi connectivity index (χ1n) is 5.33. The maximum Gasteiger partial charge on any atom is 0.315 e. The fourth-order valence-corrected chi connectivity index (χ4v) is 1.31. The Morgan fingerprint density at radius 2 is 2.20 bits per heavy atom. The van der Waals surface area contributed by atoms with E-state index in [2.05, 4.69) is 24.5 Å². The molecule has 15 heavy (non-hydrogen) atoms.